The summed E-state index contributed by atoms with van der Waals surface area (Å²) < 4.78 is 39.9. The van der Waals surface area contributed by atoms with Crippen LogP contribution in [0.15, 0.2) is 24.3 Å². The molecule has 0 amide bonds. The van der Waals surface area contributed by atoms with Crippen molar-refractivity contribution in [2.75, 3.05) is 0 Å². The third kappa shape index (κ3) is 1.29. The highest BCUT2D eigenvalue weighted by Crippen LogP contribution is 2.26. The Morgan fingerprint density at radius 1 is 0.867 bits per heavy atom. The van der Waals surface area contributed by atoms with Gasteiger partial charge in [-0.1, -0.05) is 24.3 Å². The topological polar surface area (TPSA) is 17.1 Å². The van der Waals surface area contributed by atoms with Crippen molar-refractivity contribution in [2.45, 2.75) is 0 Å². The lowest BCUT2D eigenvalue weighted by atomic mass is 10.1. The molecule has 0 unspecified atom stereocenters. The van der Waals surface area contributed by atoms with Crippen LogP contribution < -0.4 is 0 Å². The van der Waals surface area contributed by atoms with E-state index in [4.69, 9.17) is 0 Å². The number of carbonyl (C=O) groups excluding carboxylic acids is 1. The van der Waals surface area contributed by atoms with E-state index in [1.165, 1.54) is 24.3 Å². The van der Waals surface area contributed by atoms with Gasteiger partial charge in [0.15, 0.2) is 17.9 Å². The van der Waals surface area contributed by atoms with E-state index in [2.05, 4.69) is 0 Å². The summed E-state index contributed by atoms with van der Waals surface area (Å²) in [5.41, 5.74) is -0.869. The van der Waals surface area contributed by atoms with E-state index < -0.39 is 23.0 Å². The van der Waals surface area contributed by atoms with Gasteiger partial charge in [0, 0.05) is 10.8 Å². The number of rotatable bonds is 1. The average Bonchev–Trinajstić information content (AvgIpc) is 2.27. The summed E-state index contributed by atoms with van der Waals surface area (Å²) in [6.07, 6.45) is -0.0276. The maximum Gasteiger partial charge on any atom is 0.172 e. The van der Waals surface area contributed by atoms with Crippen LogP contribution in [0.3, 0.4) is 0 Å². The highest BCUT2D eigenvalue weighted by Gasteiger charge is 2.18. The van der Waals surface area contributed by atoms with Gasteiger partial charge in [-0.3, -0.25) is 4.79 Å². The first kappa shape index (κ1) is 9.71. The molecule has 0 aliphatic rings. The first-order chi connectivity index (χ1) is 7.16. The Morgan fingerprint density at radius 2 is 1.40 bits per heavy atom. The first-order valence-corrected chi connectivity index (χ1v) is 4.17. The molecule has 0 radical (unpaired) electrons. The lowest BCUT2D eigenvalue weighted by Crippen LogP contribution is -1.99. The maximum atomic E-state index is 13.5. The largest absolute Gasteiger partial charge is 0.298 e. The molecule has 4 heteroatoms. The van der Waals surface area contributed by atoms with Crippen LogP contribution in [0.25, 0.3) is 10.8 Å². The van der Waals surface area contributed by atoms with Crippen LogP contribution in [0.4, 0.5) is 13.2 Å². The Hall–Kier alpha value is -1.84. The molecule has 2 aromatic rings. The minimum atomic E-state index is -1.44. The molecular weight excluding hydrogens is 205 g/mol. The second kappa shape index (κ2) is 3.38. The number of aldehydes is 1. The van der Waals surface area contributed by atoms with Crippen LogP contribution in [0.5, 0.6) is 0 Å². The standard InChI is InChI=1S/C11H5F3O/c12-9-6-3-1-2-4-7(6)10(13)11(14)8(9)5-15/h1-5H. The fourth-order valence-corrected chi connectivity index (χ4v) is 1.45. The Labute approximate surface area is 83.1 Å². The zero-order valence-corrected chi connectivity index (χ0v) is 7.43. The molecule has 0 N–H and O–H groups in total. The van der Waals surface area contributed by atoms with Gasteiger partial charge < -0.3 is 0 Å². The van der Waals surface area contributed by atoms with Crippen molar-refractivity contribution < 1.29 is 18.0 Å². The molecule has 1 nitrogen and oxygen atoms in total. The van der Waals surface area contributed by atoms with Gasteiger partial charge in [-0.05, 0) is 0 Å². The summed E-state index contributed by atoms with van der Waals surface area (Å²) in [7, 11) is 0. The second-order valence-electron chi connectivity index (χ2n) is 3.02. The van der Waals surface area contributed by atoms with Crippen LogP contribution in [-0.4, -0.2) is 6.29 Å². The third-order valence-electron chi connectivity index (χ3n) is 2.18. The molecule has 0 aliphatic heterocycles. The Balaban J connectivity index is 3.02. The molecule has 0 aromatic heterocycles. The van der Waals surface area contributed by atoms with Crippen LogP contribution >= 0.6 is 0 Å². The van der Waals surface area contributed by atoms with Crippen molar-refractivity contribution in [3.8, 4) is 0 Å². The van der Waals surface area contributed by atoms with Gasteiger partial charge in [-0.25, -0.2) is 13.2 Å². The van der Waals surface area contributed by atoms with E-state index in [1.54, 1.807) is 0 Å². The lowest BCUT2D eigenvalue weighted by Gasteiger charge is -2.04. The van der Waals surface area contributed by atoms with E-state index >= 15 is 0 Å². The van der Waals surface area contributed by atoms with Crippen molar-refractivity contribution in [1.82, 2.24) is 0 Å². The zero-order valence-electron chi connectivity index (χ0n) is 7.43. The highest BCUT2D eigenvalue weighted by molar-refractivity contribution is 5.90. The van der Waals surface area contributed by atoms with E-state index in [9.17, 15) is 18.0 Å². The number of halogens is 3. The number of hydrogen-bond donors (Lipinski definition) is 0. The summed E-state index contributed by atoms with van der Waals surface area (Å²) in [4.78, 5) is 10.4. The smallest absolute Gasteiger partial charge is 0.172 e. The van der Waals surface area contributed by atoms with Crippen molar-refractivity contribution in [3.63, 3.8) is 0 Å². The van der Waals surface area contributed by atoms with Crippen molar-refractivity contribution in [2.24, 2.45) is 0 Å². The van der Waals surface area contributed by atoms with Crippen molar-refractivity contribution >= 4 is 17.1 Å². The van der Waals surface area contributed by atoms with Crippen LogP contribution in [-0.2, 0) is 0 Å². The highest BCUT2D eigenvalue weighted by atomic mass is 19.2. The molecule has 0 bridgehead atoms. The molecule has 76 valence electrons. The van der Waals surface area contributed by atoms with Gasteiger partial charge in [0.05, 0.1) is 5.56 Å². The fraction of sp³-hybridized carbons (Fsp3) is 0. The molecule has 0 spiro atoms. The van der Waals surface area contributed by atoms with Crippen molar-refractivity contribution in [1.29, 1.82) is 0 Å². The summed E-state index contributed by atoms with van der Waals surface area (Å²) >= 11 is 0. The molecule has 2 aromatic carbocycles. The molecule has 0 aliphatic carbocycles. The number of hydrogen-bond acceptors (Lipinski definition) is 1. The van der Waals surface area contributed by atoms with Gasteiger partial charge in [0.25, 0.3) is 0 Å². The van der Waals surface area contributed by atoms with Crippen LogP contribution in [0, 0.1) is 17.5 Å². The second-order valence-corrected chi connectivity index (χ2v) is 3.02. The van der Waals surface area contributed by atoms with E-state index in [1.807, 2.05) is 0 Å². The number of benzene rings is 2. The molecule has 0 saturated heterocycles. The molecular formula is C11H5F3O. The molecule has 2 rings (SSSR count). The molecule has 0 fully saturated rings. The van der Waals surface area contributed by atoms with Crippen molar-refractivity contribution in [3.05, 3.63) is 47.3 Å². The Morgan fingerprint density at radius 3 is 1.93 bits per heavy atom. The van der Waals surface area contributed by atoms with E-state index in [0.29, 0.717) is 0 Å². The summed E-state index contributed by atoms with van der Waals surface area (Å²) in [5.74, 6) is -3.67. The van der Waals surface area contributed by atoms with Crippen LogP contribution in [0.2, 0.25) is 0 Å². The van der Waals surface area contributed by atoms with Gasteiger partial charge in [-0.15, -0.1) is 0 Å². The van der Waals surface area contributed by atoms with Gasteiger partial charge in [0.1, 0.15) is 5.82 Å². The molecule has 15 heavy (non-hydrogen) atoms. The van der Waals surface area contributed by atoms with E-state index in [0.717, 1.165) is 0 Å². The predicted octanol–water partition coefficient (Wildman–Crippen LogP) is 3.07. The number of carbonyl (C=O) groups is 1. The summed E-state index contributed by atoms with van der Waals surface area (Å²) in [5, 5.41) is -0.267. The zero-order chi connectivity index (χ0) is 11.0. The monoisotopic (exact) mass is 210 g/mol. The molecule has 0 heterocycles. The quantitative estimate of drug-likeness (QED) is 0.522. The summed E-state index contributed by atoms with van der Waals surface area (Å²) in [6, 6.07) is 5.49. The maximum absolute atomic E-state index is 13.5. The minimum absolute atomic E-state index is 0.0276. The first-order valence-electron chi connectivity index (χ1n) is 4.17. The molecule has 0 saturated carbocycles. The summed E-state index contributed by atoms with van der Waals surface area (Å²) in [6.45, 7) is 0. The van der Waals surface area contributed by atoms with Gasteiger partial charge in [0.2, 0.25) is 0 Å². The normalized spacial score (nSPS) is 10.6. The average molecular weight is 210 g/mol. The Bertz CT molecular complexity index is 549. The fourth-order valence-electron chi connectivity index (χ4n) is 1.45. The van der Waals surface area contributed by atoms with Gasteiger partial charge in [-0.2, -0.15) is 0 Å². The Kier molecular flexibility index (Phi) is 2.19. The number of fused-ring (bicyclic) bond motifs is 1. The SMILES string of the molecule is O=Cc1c(F)c(F)c2ccccc2c1F. The van der Waals surface area contributed by atoms with E-state index in [-0.39, 0.29) is 17.1 Å². The van der Waals surface area contributed by atoms with Crippen LogP contribution in [0.1, 0.15) is 10.4 Å². The predicted molar refractivity (Wildman–Crippen MR) is 49.2 cm³/mol. The molecule has 0 atom stereocenters. The lowest BCUT2D eigenvalue weighted by molar-refractivity contribution is 0.111. The van der Waals surface area contributed by atoms with Gasteiger partial charge >= 0.3 is 0 Å². The minimum Gasteiger partial charge on any atom is -0.298 e. The third-order valence-corrected chi connectivity index (χ3v) is 2.18.